The van der Waals surface area contributed by atoms with Crippen molar-refractivity contribution in [2.75, 3.05) is 7.05 Å². The lowest BCUT2D eigenvalue weighted by Crippen LogP contribution is -2.26. The number of sulfonamides is 1. The number of furan rings is 1. The predicted molar refractivity (Wildman–Crippen MR) is 78.0 cm³/mol. The Morgan fingerprint density at radius 2 is 2.19 bits per heavy atom. The Hall–Kier alpha value is -1.57. The third-order valence-corrected chi connectivity index (χ3v) is 5.05. The maximum absolute atomic E-state index is 12.5. The minimum Gasteiger partial charge on any atom is -0.472 e. The summed E-state index contributed by atoms with van der Waals surface area (Å²) in [6, 6.07) is 3.25. The molecule has 2 aromatic rings. The summed E-state index contributed by atoms with van der Waals surface area (Å²) in [5.41, 5.74) is 1.39. The molecular formula is C14H20N2O4S. The van der Waals surface area contributed by atoms with Crippen LogP contribution in [0.15, 0.2) is 40.2 Å². The molecular weight excluding hydrogens is 292 g/mol. The van der Waals surface area contributed by atoms with Crippen molar-refractivity contribution in [3.05, 3.63) is 42.1 Å². The van der Waals surface area contributed by atoms with E-state index in [4.69, 9.17) is 4.42 Å². The van der Waals surface area contributed by atoms with Crippen LogP contribution >= 0.6 is 0 Å². The summed E-state index contributed by atoms with van der Waals surface area (Å²) >= 11 is 0. The average molecular weight is 312 g/mol. The Balaban J connectivity index is 2.26. The molecule has 0 atom stereocenters. The van der Waals surface area contributed by atoms with Crippen molar-refractivity contribution >= 4 is 10.0 Å². The SMILES string of the molecule is CCCn1cc(S(=O)(=O)N(C)Cc2ccoc2)cc1CO. The van der Waals surface area contributed by atoms with Crippen LogP contribution in [0.2, 0.25) is 0 Å². The first kappa shape index (κ1) is 15.8. The lowest BCUT2D eigenvalue weighted by Gasteiger charge is -2.15. The summed E-state index contributed by atoms with van der Waals surface area (Å²) in [6.45, 7) is 2.74. The number of rotatable bonds is 7. The van der Waals surface area contributed by atoms with Gasteiger partial charge in [-0.2, -0.15) is 4.31 Å². The van der Waals surface area contributed by atoms with Crippen LogP contribution in [0.25, 0.3) is 0 Å². The second kappa shape index (κ2) is 6.46. The Kier molecular flexibility index (Phi) is 4.87. The van der Waals surface area contributed by atoms with E-state index < -0.39 is 10.0 Å². The van der Waals surface area contributed by atoms with E-state index in [1.807, 2.05) is 6.92 Å². The highest BCUT2D eigenvalue weighted by Gasteiger charge is 2.23. The van der Waals surface area contributed by atoms with E-state index in [9.17, 15) is 13.5 Å². The number of aliphatic hydroxyl groups is 1. The van der Waals surface area contributed by atoms with E-state index in [0.29, 0.717) is 12.2 Å². The van der Waals surface area contributed by atoms with Gasteiger partial charge in [-0.1, -0.05) is 6.92 Å². The number of nitrogens with zero attached hydrogens (tertiary/aromatic N) is 2. The number of hydrogen-bond acceptors (Lipinski definition) is 4. The highest BCUT2D eigenvalue weighted by molar-refractivity contribution is 7.89. The van der Waals surface area contributed by atoms with Gasteiger partial charge in [0, 0.05) is 37.6 Å². The Morgan fingerprint density at radius 1 is 1.43 bits per heavy atom. The Bertz CT molecular complexity index is 674. The molecule has 0 radical (unpaired) electrons. The van der Waals surface area contributed by atoms with Crippen molar-refractivity contribution in [1.29, 1.82) is 0 Å². The standard InChI is InChI=1S/C14H20N2O4S/c1-3-5-16-9-14(7-13(16)10-17)21(18,19)15(2)8-12-4-6-20-11-12/h4,6-7,9,11,17H,3,5,8,10H2,1-2H3. The van der Waals surface area contributed by atoms with Crippen molar-refractivity contribution in [2.24, 2.45) is 0 Å². The molecule has 0 aliphatic heterocycles. The van der Waals surface area contributed by atoms with E-state index in [1.54, 1.807) is 16.8 Å². The lowest BCUT2D eigenvalue weighted by atomic mass is 10.3. The van der Waals surface area contributed by atoms with Crippen LogP contribution in [0.5, 0.6) is 0 Å². The van der Waals surface area contributed by atoms with E-state index >= 15 is 0 Å². The summed E-state index contributed by atoms with van der Waals surface area (Å²) in [5.74, 6) is 0. The third-order valence-electron chi connectivity index (χ3n) is 3.28. The van der Waals surface area contributed by atoms with Gasteiger partial charge in [0.05, 0.1) is 19.1 Å². The molecule has 21 heavy (non-hydrogen) atoms. The molecule has 0 saturated carbocycles. The molecule has 0 bridgehead atoms. The zero-order chi connectivity index (χ0) is 15.5. The maximum Gasteiger partial charge on any atom is 0.244 e. The van der Waals surface area contributed by atoms with Gasteiger partial charge in [0.15, 0.2) is 0 Å². The highest BCUT2D eigenvalue weighted by atomic mass is 32.2. The van der Waals surface area contributed by atoms with E-state index in [-0.39, 0.29) is 18.0 Å². The average Bonchev–Trinajstić information content (AvgIpc) is 3.08. The van der Waals surface area contributed by atoms with E-state index in [2.05, 4.69) is 0 Å². The summed E-state index contributed by atoms with van der Waals surface area (Å²) in [7, 11) is -2.06. The fourth-order valence-corrected chi connectivity index (χ4v) is 3.38. The summed E-state index contributed by atoms with van der Waals surface area (Å²) < 4.78 is 33.1. The molecule has 0 fully saturated rings. The normalized spacial score (nSPS) is 12.2. The van der Waals surface area contributed by atoms with Crippen LogP contribution in [0.1, 0.15) is 24.6 Å². The molecule has 0 saturated heterocycles. The molecule has 0 amide bonds. The van der Waals surface area contributed by atoms with Crippen LogP contribution in [-0.4, -0.2) is 29.4 Å². The van der Waals surface area contributed by atoms with Crippen molar-refractivity contribution < 1.29 is 17.9 Å². The molecule has 2 heterocycles. The summed E-state index contributed by atoms with van der Waals surface area (Å²) in [5, 5.41) is 9.33. The minimum atomic E-state index is -3.59. The maximum atomic E-state index is 12.5. The molecule has 2 aromatic heterocycles. The van der Waals surface area contributed by atoms with Gasteiger partial charge in [0.25, 0.3) is 0 Å². The molecule has 0 aromatic carbocycles. The quantitative estimate of drug-likeness (QED) is 0.846. The predicted octanol–water partition coefficient (Wildman–Crippen LogP) is 1.80. The van der Waals surface area contributed by atoms with Crippen molar-refractivity contribution in [3.63, 3.8) is 0 Å². The van der Waals surface area contributed by atoms with E-state index in [0.717, 1.165) is 12.0 Å². The van der Waals surface area contributed by atoms with Gasteiger partial charge in [0.1, 0.15) is 4.90 Å². The van der Waals surface area contributed by atoms with Crippen LogP contribution in [-0.2, 0) is 29.7 Å². The van der Waals surface area contributed by atoms with E-state index in [1.165, 1.54) is 29.9 Å². The third kappa shape index (κ3) is 3.37. The van der Waals surface area contributed by atoms with Gasteiger partial charge in [-0.15, -0.1) is 0 Å². The highest BCUT2D eigenvalue weighted by Crippen LogP contribution is 2.20. The smallest absolute Gasteiger partial charge is 0.244 e. The molecule has 0 spiro atoms. The van der Waals surface area contributed by atoms with Crippen LogP contribution in [0, 0.1) is 0 Å². The van der Waals surface area contributed by atoms with Gasteiger partial charge in [-0.05, 0) is 18.6 Å². The lowest BCUT2D eigenvalue weighted by molar-refractivity contribution is 0.270. The Morgan fingerprint density at radius 3 is 2.76 bits per heavy atom. The number of aryl methyl sites for hydroxylation is 1. The van der Waals surface area contributed by atoms with Crippen LogP contribution in [0.3, 0.4) is 0 Å². The van der Waals surface area contributed by atoms with Gasteiger partial charge >= 0.3 is 0 Å². The first-order valence-corrected chi connectivity index (χ1v) is 8.20. The fourth-order valence-electron chi connectivity index (χ4n) is 2.15. The second-order valence-corrected chi connectivity index (χ2v) is 6.96. The molecule has 0 unspecified atom stereocenters. The van der Waals surface area contributed by atoms with Gasteiger partial charge in [-0.3, -0.25) is 0 Å². The number of hydrogen-bond donors (Lipinski definition) is 1. The molecule has 0 aliphatic carbocycles. The fraction of sp³-hybridized carbons (Fsp3) is 0.429. The second-order valence-electron chi connectivity index (χ2n) is 4.91. The monoisotopic (exact) mass is 312 g/mol. The van der Waals surface area contributed by atoms with Crippen molar-refractivity contribution in [1.82, 2.24) is 8.87 Å². The molecule has 7 heteroatoms. The van der Waals surface area contributed by atoms with Gasteiger partial charge in [-0.25, -0.2) is 8.42 Å². The Labute approximate surface area is 124 Å². The molecule has 2 rings (SSSR count). The molecule has 6 nitrogen and oxygen atoms in total. The van der Waals surface area contributed by atoms with Crippen molar-refractivity contribution in [3.8, 4) is 0 Å². The zero-order valence-corrected chi connectivity index (χ0v) is 13.0. The zero-order valence-electron chi connectivity index (χ0n) is 12.2. The molecule has 0 aliphatic rings. The van der Waals surface area contributed by atoms with Crippen LogP contribution in [0.4, 0.5) is 0 Å². The largest absolute Gasteiger partial charge is 0.472 e. The number of aliphatic hydroxyl groups excluding tert-OH is 1. The van der Waals surface area contributed by atoms with Gasteiger partial charge in [0.2, 0.25) is 10.0 Å². The topological polar surface area (TPSA) is 75.7 Å². The van der Waals surface area contributed by atoms with Crippen molar-refractivity contribution in [2.45, 2.75) is 37.9 Å². The minimum absolute atomic E-state index is 0.180. The first-order valence-electron chi connectivity index (χ1n) is 6.76. The van der Waals surface area contributed by atoms with Crippen LogP contribution < -0.4 is 0 Å². The number of aromatic nitrogens is 1. The summed E-state index contributed by atoms with van der Waals surface area (Å²) in [6.07, 6.45) is 5.48. The molecule has 1 N–H and O–H groups in total. The summed E-state index contributed by atoms with van der Waals surface area (Å²) in [4.78, 5) is 0.200. The van der Waals surface area contributed by atoms with Gasteiger partial charge < -0.3 is 14.1 Å². The molecule has 116 valence electrons. The first-order chi connectivity index (χ1) is 9.98.